The first-order valence-electron chi connectivity index (χ1n) is 6.47. The maximum Gasteiger partial charge on any atom is 0.338 e. The van der Waals surface area contributed by atoms with Crippen molar-refractivity contribution in [3.05, 3.63) is 59.7 Å². The Kier molecular flexibility index (Phi) is 4.31. The Hall–Kier alpha value is -2.42. The molecule has 2 aromatic rings. The molecule has 0 spiro atoms. The minimum Gasteiger partial charge on any atom is -0.459 e. The van der Waals surface area contributed by atoms with Gasteiger partial charge in [0.05, 0.1) is 11.7 Å². The van der Waals surface area contributed by atoms with Gasteiger partial charge in [-0.25, -0.2) is 4.79 Å². The molecule has 0 fully saturated rings. The third-order valence-corrected chi connectivity index (χ3v) is 2.86. The molecule has 3 nitrogen and oxygen atoms in total. The van der Waals surface area contributed by atoms with Crippen LogP contribution in [0.15, 0.2) is 48.5 Å². The number of rotatable bonds is 4. The number of hydrogen-bond acceptors (Lipinski definition) is 3. The molecule has 0 N–H and O–H groups in total. The molecule has 102 valence electrons. The summed E-state index contributed by atoms with van der Waals surface area (Å²) in [7, 11) is 0. The molecule has 0 unspecified atom stereocenters. The standard InChI is InChI=1S/C17H16O3/c1-12(2)20-17(19)14-9-7-13(8-10-14)16-6-4-3-5-15(16)11-18/h3-12H,1-2H3. The van der Waals surface area contributed by atoms with E-state index < -0.39 is 0 Å². The van der Waals surface area contributed by atoms with Gasteiger partial charge in [0.2, 0.25) is 0 Å². The van der Waals surface area contributed by atoms with E-state index in [1.807, 2.05) is 44.2 Å². The second-order valence-corrected chi connectivity index (χ2v) is 4.74. The highest BCUT2D eigenvalue weighted by molar-refractivity contribution is 5.91. The highest BCUT2D eigenvalue weighted by atomic mass is 16.5. The van der Waals surface area contributed by atoms with Gasteiger partial charge in [0, 0.05) is 5.56 Å². The zero-order valence-corrected chi connectivity index (χ0v) is 11.5. The zero-order valence-electron chi connectivity index (χ0n) is 11.5. The van der Waals surface area contributed by atoms with Gasteiger partial charge in [-0.1, -0.05) is 36.4 Å². The molecule has 3 heteroatoms. The third-order valence-electron chi connectivity index (χ3n) is 2.86. The molecule has 0 aliphatic heterocycles. The average Bonchev–Trinajstić information content (AvgIpc) is 2.46. The monoisotopic (exact) mass is 268 g/mol. The van der Waals surface area contributed by atoms with Gasteiger partial charge in [-0.05, 0) is 37.1 Å². The minimum absolute atomic E-state index is 0.141. The summed E-state index contributed by atoms with van der Waals surface area (Å²) < 4.78 is 5.13. The molecule has 0 aliphatic carbocycles. The van der Waals surface area contributed by atoms with Crippen molar-refractivity contribution >= 4 is 12.3 Å². The van der Waals surface area contributed by atoms with Crippen LogP contribution in [0.5, 0.6) is 0 Å². The van der Waals surface area contributed by atoms with Gasteiger partial charge in [0.15, 0.2) is 6.29 Å². The number of esters is 1. The van der Waals surface area contributed by atoms with Crippen LogP contribution in [0.2, 0.25) is 0 Å². The minimum atomic E-state index is -0.338. The Morgan fingerprint density at radius 1 is 1.05 bits per heavy atom. The van der Waals surface area contributed by atoms with Crippen LogP contribution in [0.25, 0.3) is 11.1 Å². The van der Waals surface area contributed by atoms with E-state index in [1.165, 1.54) is 0 Å². The van der Waals surface area contributed by atoms with Crippen LogP contribution in [0, 0.1) is 0 Å². The molecular formula is C17H16O3. The molecule has 0 saturated heterocycles. The quantitative estimate of drug-likeness (QED) is 0.627. The molecule has 0 bridgehead atoms. The van der Waals surface area contributed by atoms with Crippen LogP contribution in [0.3, 0.4) is 0 Å². The van der Waals surface area contributed by atoms with E-state index in [-0.39, 0.29) is 12.1 Å². The molecule has 0 aliphatic rings. The number of carbonyl (C=O) groups is 2. The van der Waals surface area contributed by atoms with E-state index in [1.54, 1.807) is 18.2 Å². The summed E-state index contributed by atoms with van der Waals surface area (Å²) >= 11 is 0. The van der Waals surface area contributed by atoms with Crippen molar-refractivity contribution in [3.8, 4) is 11.1 Å². The predicted octanol–water partition coefficient (Wildman–Crippen LogP) is 3.73. The molecule has 0 radical (unpaired) electrons. The topological polar surface area (TPSA) is 43.4 Å². The Bertz CT molecular complexity index is 612. The van der Waals surface area contributed by atoms with Gasteiger partial charge in [0.25, 0.3) is 0 Å². The predicted molar refractivity (Wildman–Crippen MR) is 77.8 cm³/mol. The lowest BCUT2D eigenvalue weighted by atomic mass is 9.99. The summed E-state index contributed by atoms with van der Waals surface area (Å²) in [5, 5.41) is 0. The van der Waals surface area contributed by atoms with Crippen molar-refractivity contribution in [2.45, 2.75) is 20.0 Å². The first-order chi connectivity index (χ1) is 9.61. The maximum absolute atomic E-state index is 11.7. The van der Waals surface area contributed by atoms with Crippen LogP contribution in [-0.2, 0) is 4.74 Å². The van der Waals surface area contributed by atoms with Crippen LogP contribution in [-0.4, -0.2) is 18.4 Å². The van der Waals surface area contributed by atoms with E-state index in [2.05, 4.69) is 0 Å². The van der Waals surface area contributed by atoms with Crippen LogP contribution < -0.4 is 0 Å². The summed E-state index contributed by atoms with van der Waals surface area (Å²) in [6.07, 6.45) is 0.689. The number of aldehydes is 1. The second kappa shape index (κ2) is 6.15. The fraction of sp³-hybridized carbons (Fsp3) is 0.176. The van der Waals surface area contributed by atoms with Crippen LogP contribution in [0.1, 0.15) is 34.6 Å². The van der Waals surface area contributed by atoms with E-state index in [4.69, 9.17) is 4.74 Å². The van der Waals surface area contributed by atoms with E-state index in [0.29, 0.717) is 11.1 Å². The first kappa shape index (κ1) is 14.0. The fourth-order valence-electron chi connectivity index (χ4n) is 1.93. The zero-order chi connectivity index (χ0) is 14.5. The van der Waals surface area contributed by atoms with Crippen molar-refractivity contribution < 1.29 is 14.3 Å². The highest BCUT2D eigenvalue weighted by Crippen LogP contribution is 2.23. The van der Waals surface area contributed by atoms with Gasteiger partial charge >= 0.3 is 5.97 Å². The first-order valence-corrected chi connectivity index (χ1v) is 6.47. The Morgan fingerprint density at radius 3 is 2.30 bits per heavy atom. The van der Waals surface area contributed by atoms with Crippen molar-refractivity contribution in [2.24, 2.45) is 0 Å². The van der Waals surface area contributed by atoms with Crippen LogP contribution in [0.4, 0.5) is 0 Å². The van der Waals surface area contributed by atoms with Gasteiger partial charge in [-0.15, -0.1) is 0 Å². The Balaban J connectivity index is 2.28. The van der Waals surface area contributed by atoms with Crippen molar-refractivity contribution in [1.29, 1.82) is 0 Å². The third kappa shape index (κ3) is 3.12. The largest absolute Gasteiger partial charge is 0.459 e. The summed E-state index contributed by atoms with van der Waals surface area (Å²) in [6.45, 7) is 3.62. The average molecular weight is 268 g/mol. The van der Waals surface area contributed by atoms with Gasteiger partial charge < -0.3 is 4.74 Å². The Morgan fingerprint density at radius 2 is 1.70 bits per heavy atom. The van der Waals surface area contributed by atoms with Gasteiger partial charge in [0.1, 0.15) is 0 Å². The number of benzene rings is 2. The van der Waals surface area contributed by atoms with E-state index >= 15 is 0 Å². The molecule has 0 heterocycles. The van der Waals surface area contributed by atoms with Crippen molar-refractivity contribution in [2.75, 3.05) is 0 Å². The fourth-order valence-corrected chi connectivity index (χ4v) is 1.93. The lowest BCUT2D eigenvalue weighted by molar-refractivity contribution is 0.0378. The molecular weight excluding hydrogens is 252 g/mol. The van der Waals surface area contributed by atoms with Gasteiger partial charge in [-0.2, -0.15) is 0 Å². The second-order valence-electron chi connectivity index (χ2n) is 4.74. The molecule has 0 atom stereocenters. The summed E-state index contributed by atoms with van der Waals surface area (Å²) in [6, 6.07) is 14.4. The molecule has 20 heavy (non-hydrogen) atoms. The summed E-state index contributed by atoms with van der Waals surface area (Å²) in [5.41, 5.74) is 2.89. The van der Waals surface area contributed by atoms with Crippen molar-refractivity contribution in [3.63, 3.8) is 0 Å². The van der Waals surface area contributed by atoms with E-state index in [0.717, 1.165) is 17.4 Å². The molecule has 0 saturated carbocycles. The van der Waals surface area contributed by atoms with Gasteiger partial charge in [-0.3, -0.25) is 4.79 Å². The number of hydrogen-bond donors (Lipinski definition) is 0. The Labute approximate surface area is 118 Å². The molecule has 0 aromatic heterocycles. The number of ether oxygens (including phenoxy) is 1. The summed E-state index contributed by atoms with van der Waals surface area (Å²) in [5.74, 6) is -0.338. The summed E-state index contributed by atoms with van der Waals surface area (Å²) in [4.78, 5) is 22.8. The number of carbonyl (C=O) groups excluding carboxylic acids is 2. The van der Waals surface area contributed by atoms with Crippen LogP contribution >= 0.6 is 0 Å². The molecule has 2 rings (SSSR count). The highest BCUT2D eigenvalue weighted by Gasteiger charge is 2.10. The van der Waals surface area contributed by atoms with Crippen molar-refractivity contribution in [1.82, 2.24) is 0 Å². The van der Waals surface area contributed by atoms with E-state index in [9.17, 15) is 9.59 Å². The SMILES string of the molecule is CC(C)OC(=O)c1ccc(-c2ccccc2C=O)cc1. The molecule has 0 amide bonds. The smallest absolute Gasteiger partial charge is 0.338 e. The normalized spacial score (nSPS) is 10.3. The maximum atomic E-state index is 11.7. The lowest BCUT2D eigenvalue weighted by Crippen LogP contribution is -2.11. The lowest BCUT2D eigenvalue weighted by Gasteiger charge is -2.09. The molecule has 2 aromatic carbocycles.